The van der Waals surface area contributed by atoms with Crippen molar-refractivity contribution < 1.29 is 40.2 Å². The molecule has 0 fully saturated rings. The predicted molar refractivity (Wildman–Crippen MR) is 490 cm³/mol. The van der Waals surface area contributed by atoms with E-state index in [1.54, 1.807) is 0 Å². The van der Waals surface area contributed by atoms with E-state index in [2.05, 4.69) is 315 Å². The number of hydrogen-bond donors (Lipinski definition) is 0. The fourth-order valence-corrected chi connectivity index (χ4v) is 16.2. The van der Waals surface area contributed by atoms with E-state index in [0.717, 1.165) is 212 Å². The fraction of sp³-hybridized carbons (Fsp3) is 0. The first-order chi connectivity index (χ1) is 59.5. The van der Waals surface area contributed by atoms with E-state index in [-0.39, 0.29) is 40.2 Å². The van der Waals surface area contributed by atoms with E-state index < -0.39 is 0 Å². The van der Waals surface area contributed by atoms with Crippen molar-refractivity contribution >= 4 is 0 Å². The van der Waals surface area contributed by atoms with Crippen molar-refractivity contribution in [2.24, 2.45) is 0 Å². The van der Waals surface area contributed by atoms with Gasteiger partial charge in [-0.1, -0.05) is 218 Å². The minimum Gasteiger partial charge on any atom is -0.304 e. The van der Waals surface area contributed by atoms with Crippen molar-refractivity contribution in [1.82, 2.24) is 29.9 Å². The molecule has 0 aliphatic heterocycles. The maximum absolute atomic E-state index is 5.21. The molecule has 8 heteroatoms. The van der Waals surface area contributed by atoms with Gasteiger partial charge in [0.2, 0.25) is 0 Å². The molecule has 0 N–H and O–H groups in total. The first kappa shape index (κ1) is 78.5. The van der Waals surface area contributed by atoms with Crippen LogP contribution >= 0.6 is 0 Å². The van der Waals surface area contributed by atoms with Crippen LogP contribution in [0, 0.1) is 36.4 Å². The van der Waals surface area contributed by atoms with Crippen LogP contribution in [0.15, 0.2) is 425 Å². The summed E-state index contributed by atoms with van der Waals surface area (Å²) in [6, 6.07) is 156. The largest absolute Gasteiger partial charge is 3.00 e. The van der Waals surface area contributed by atoms with Gasteiger partial charge in [-0.05, 0) is 204 Å². The van der Waals surface area contributed by atoms with Crippen LogP contribution in [0.1, 0.15) is 0 Å². The van der Waals surface area contributed by atoms with E-state index >= 15 is 0 Å². The summed E-state index contributed by atoms with van der Waals surface area (Å²) in [6.07, 6.45) is 11.9. The molecule has 0 aliphatic rings. The van der Waals surface area contributed by atoms with Gasteiger partial charge in [0, 0.05) is 37.2 Å². The third-order valence-corrected chi connectivity index (χ3v) is 22.2. The van der Waals surface area contributed by atoms with Crippen LogP contribution < -0.4 is 0 Å². The van der Waals surface area contributed by atoms with Crippen LogP contribution in [-0.4, -0.2) is 29.9 Å². The van der Waals surface area contributed by atoms with Gasteiger partial charge < -0.3 is 29.9 Å². The van der Waals surface area contributed by atoms with Crippen LogP contribution in [0.5, 0.6) is 0 Å². The van der Waals surface area contributed by atoms with Gasteiger partial charge in [-0.25, -0.2) is 0 Å². The summed E-state index contributed by atoms with van der Waals surface area (Å²) in [5.74, 6) is 0. The van der Waals surface area contributed by atoms with Crippen molar-refractivity contribution in [3.8, 4) is 212 Å². The summed E-state index contributed by atoms with van der Waals surface area (Å²) in [6.45, 7) is 0. The fourth-order valence-electron chi connectivity index (χ4n) is 16.2. The number of nitrogens with zero attached hydrogens (tertiary/aromatic N) is 6. The zero-order valence-electron chi connectivity index (χ0n) is 65.8. The summed E-state index contributed by atoms with van der Waals surface area (Å²) in [7, 11) is 0. The minimum absolute atomic E-state index is 0. The molecule has 0 atom stereocenters. The Morgan fingerprint density at radius 1 is 0.131 bits per heavy atom. The smallest absolute Gasteiger partial charge is 0.304 e. The van der Waals surface area contributed by atoms with Crippen LogP contribution in [0.3, 0.4) is 0 Å². The summed E-state index contributed by atoms with van der Waals surface area (Å²) in [4.78, 5) is 30.3. The van der Waals surface area contributed by atoms with Crippen molar-refractivity contribution in [3.05, 3.63) is 462 Å². The number of pyridine rings is 6. The van der Waals surface area contributed by atoms with Crippen molar-refractivity contribution in [1.29, 1.82) is 0 Å². The first-order valence-corrected chi connectivity index (χ1v) is 40.1. The van der Waals surface area contributed by atoms with Gasteiger partial charge >= 0.3 is 40.2 Å². The topological polar surface area (TPSA) is 77.3 Å². The number of hydrogen-bond acceptors (Lipinski definition) is 6. The molecule has 0 spiro atoms. The number of rotatable bonds is 19. The van der Waals surface area contributed by atoms with E-state index in [0.29, 0.717) is 0 Å². The Labute approximate surface area is 738 Å². The Balaban J connectivity index is 0.00000508. The Morgan fingerprint density at radius 2 is 0.303 bits per heavy atom. The first-order valence-electron chi connectivity index (χ1n) is 40.1. The molecule has 20 rings (SSSR count). The normalized spacial score (nSPS) is 11.0. The molecule has 6 nitrogen and oxygen atoms in total. The molecule has 0 unspecified atom stereocenters. The second kappa shape index (κ2) is 35.8. The monoisotopic (exact) mass is 1910 g/mol. The maximum atomic E-state index is 5.21. The molecular weight excluding hydrogens is 1840 g/mol. The molecule has 0 amide bonds. The Morgan fingerprint density at radius 3 is 0.475 bits per heavy atom. The molecule has 14 aromatic carbocycles. The second-order valence-corrected chi connectivity index (χ2v) is 29.6. The van der Waals surface area contributed by atoms with Crippen molar-refractivity contribution in [2.45, 2.75) is 0 Å². The molecule has 0 aliphatic carbocycles. The average molecular weight is 1910 g/mol. The molecule has 574 valence electrons. The molecule has 20 aromatic rings. The zero-order chi connectivity index (χ0) is 79.9. The van der Waals surface area contributed by atoms with Gasteiger partial charge in [0.1, 0.15) is 0 Å². The molecule has 0 saturated heterocycles. The Bertz CT molecular complexity index is 6350. The molecule has 0 bridgehead atoms. The van der Waals surface area contributed by atoms with Gasteiger partial charge in [0.15, 0.2) is 0 Å². The van der Waals surface area contributed by atoms with E-state index in [9.17, 15) is 0 Å². The molecule has 0 radical (unpaired) electrons. The molecule has 0 saturated carbocycles. The van der Waals surface area contributed by atoms with E-state index in [1.165, 1.54) is 0 Å². The number of aromatic nitrogens is 6. The van der Waals surface area contributed by atoms with Gasteiger partial charge in [-0.3, -0.25) is 0 Å². The zero-order valence-corrected chi connectivity index (χ0v) is 70.6. The van der Waals surface area contributed by atoms with E-state index in [4.69, 9.17) is 29.9 Å². The molecule has 122 heavy (non-hydrogen) atoms. The quantitative estimate of drug-likeness (QED) is 0.0751. The van der Waals surface area contributed by atoms with Gasteiger partial charge in [0.25, 0.3) is 0 Å². The SMILES string of the molecule is [Ir+3].[Ir+3].[c-]1ccccc1-c1ccc(-c2ccccc2-c2cc(-c3ccccc3-c3ccc(-c4[c-]cccc4)nc3)cc(-c3ccccc3-c3ccc(-c4[c-]ccc(-c5cc[c-]c(-c6ccc(-c7ccccc7-c7cc(-c8ccccc8-c8ccc(-c9[c-]cccc9)nc8)cc(-c8ccccc8-c8ccc(-c9[c-]cccc9)nc8)c7)cn6)c5)c4)nc3)c2)cn1. The summed E-state index contributed by atoms with van der Waals surface area (Å²) >= 11 is 0. The molecule has 6 aromatic heterocycles. The summed E-state index contributed by atoms with van der Waals surface area (Å²) in [5.41, 5.74) is 38.1. The van der Waals surface area contributed by atoms with Crippen LogP contribution in [0.2, 0.25) is 0 Å². The molecular formula is C114H70Ir2N6. The molecule has 6 heterocycles. The van der Waals surface area contributed by atoms with Crippen molar-refractivity contribution in [2.75, 3.05) is 0 Å². The standard InChI is InChI=1S/C114H70N6.2Ir/c1-5-27-77(28-6-1)109-57-51-85(71-115-109)97-39-13-19-45-103(97)91-65-92(104-46-20-14-40-98(104)86-52-58-110(116-72-86)78-29-7-2-8-30-78)68-95(67-91)107-49-23-17-43-101(107)89-55-61-113(119-75-89)83-37-25-35-81(63-83)82-36-26-38-84(64-82)114-62-56-90(76-120-114)102-44-18-24-50-108(102)96-69-93(105-47-21-15-41-99(105)87-53-59-111(117-73-87)79-31-9-3-10-32-79)66-94(70-96)106-48-22-16-42-100(106)88-54-60-112(118-74-88)80-33-11-4-12-34-80;;/h1-27,29,31,33,35-36,39-76H;;/q-6;2*+3. The maximum Gasteiger partial charge on any atom is 3.00 e. The van der Waals surface area contributed by atoms with Gasteiger partial charge in [-0.15, -0.1) is 214 Å². The van der Waals surface area contributed by atoms with Crippen LogP contribution in [0.25, 0.3) is 212 Å². The Hall–Kier alpha value is -14.7. The van der Waals surface area contributed by atoms with Gasteiger partial charge in [0.05, 0.1) is 0 Å². The summed E-state index contributed by atoms with van der Waals surface area (Å²) < 4.78 is 0. The predicted octanol–water partition coefficient (Wildman–Crippen LogP) is 28.5. The van der Waals surface area contributed by atoms with E-state index in [1.807, 2.05) is 146 Å². The number of benzene rings is 14. The van der Waals surface area contributed by atoms with Crippen molar-refractivity contribution in [3.63, 3.8) is 0 Å². The minimum atomic E-state index is 0. The second-order valence-electron chi connectivity index (χ2n) is 29.6. The van der Waals surface area contributed by atoms with Crippen LogP contribution in [0.4, 0.5) is 0 Å². The average Bonchev–Trinajstić information content (AvgIpc) is 0.769. The third-order valence-electron chi connectivity index (χ3n) is 22.2. The Kier molecular flexibility index (Phi) is 23.1. The van der Waals surface area contributed by atoms with Crippen LogP contribution in [-0.2, 0) is 40.2 Å². The van der Waals surface area contributed by atoms with Gasteiger partial charge in [-0.2, -0.15) is 0 Å². The summed E-state index contributed by atoms with van der Waals surface area (Å²) in [5, 5.41) is 0. The third kappa shape index (κ3) is 16.5.